The van der Waals surface area contributed by atoms with E-state index >= 15 is 0 Å². The van der Waals surface area contributed by atoms with Gasteiger partial charge in [-0.25, -0.2) is 19.7 Å². The Morgan fingerprint density at radius 3 is 1.52 bits per heavy atom. The molecule has 0 unspecified atom stereocenters. The molecule has 0 radical (unpaired) electrons. The minimum atomic E-state index is -0.592. The number of fused-ring (bicyclic) bond motifs is 6. The van der Waals surface area contributed by atoms with Crippen LogP contribution in [0.5, 0.6) is 0 Å². The summed E-state index contributed by atoms with van der Waals surface area (Å²) in [4.78, 5) is 9.27. The summed E-state index contributed by atoms with van der Waals surface area (Å²) in [6.07, 6.45) is 3.60. The van der Waals surface area contributed by atoms with Gasteiger partial charge < -0.3 is 0 Å². The summed E-state index contributed by atoms with van der Waals surface area (Å²) in [6, 6.07) is 92.9. The van der Waals surface area contributed by atoms with Crippen molar-refractivity contribution in [3.8, 4) is 55.9 Å². The fraction of sp³-hybridized carbons (Fsp3) is 0.0154. The van der Waals surface area contributed by atoms with Gasteiger partial charge in [-0.05, 0) is 122 Å². The summed E-state index contributed by atoms with van der Waals surface area (Å²) in [5.41, 5.74) is 18.9. The van der Waals surface area contributed by atoms with Crippen molar-refractivity contribution in [3.63, 3.8) is 0 Å². The molecule has 2 aromatic heterocycles. The molecular formula is C65H44N4. The minimum absolute atomic E-state index is 0.592. The maximum atomic E-state index is 4.63. The van der Waals surface area contributed by atoms with E-state index in [-0.39, 0.29) is 0 Å². The Balaban J connectivity index is 1.16. The third-order valence-corrected chi connectivity index (χ3v) is 14.0. The zero-order valence-corrected chi connectivity index (χ0v) is 37.7. The molecule has 2 heterocycles. The highest BCUT2D eigenvalue weighted by Gasteiger charge is 2.46. The van der Waals surface area contributed by atoms with Crippen LogP contribution in [0.4, 0.5) is 11.4 Å². The molecule has 324 valence electrons. The van der Waals surface area contributed by atoms with Crippen LogP contribution in [0.15, 0.2) is 267 Å². The number of anilines is 2. The Morgan fingerprint density at radius 2 is 0.870 bits per heavy atom. The van der Waals surface area contributed by atoms with E-state index in [0.717, 1.165) is 61.2 Å². The summed E-state index contributed by atoms with van der Waals surface area (Å²) in [5, 5.41) is 4.77. The van der Waals surface area contributed by atoms with Crippen molar-refractivity contribution in [1.82, 2.24) is 14.6 Å². The summed E-state index contributed by atoms with van der Waals surface area (Å²) in [6.45, 7) is 0. The lowest BCUT2D eigenvalue weighted by atomic mass is 9.67. The van der Waals surface area contributed by atoms with E-state index in [1.54, 1.807) is 12.4 Å². The van der Waals surface area contributed by atoms with Crippen LogP contribution in [0.2, 0.25) is 0 Å². The highest BCUT2D eigenvalue weighted by atomic mass is 15.6. The molecule has 0 atom stereocenters. The van der Waals surface area contributed by atoms with Gasteiger partial charge in [0, 0.05) is 34.3 Å². The minimum Gasteiger partial charge on any atom is -0.249 e. The zero-order chi connectivity index (χ0) is 45.7. The fourth-order valence-corrected chi connectivity index (χ4v) is 10.9. The normalized spacial score (nSPS) is 12.5. The van der Waals surface area contributed by atoms with Crippen LogP contribution in [-0.2, 0) is 5.41 Å². The quantitative estimate of drug-likeness (QED) is 0.145. The van der Waals surface area contributed by atoms with Crippen LogP contribution >= 0.6 is 0 Å². The highest BCUT2D eigenvalue weighted by molar-refractivity contribution is 6.15. The molecule has 0 aliphatic heterocycles. The number of nitrogens with zero attached hydrogens (tertiary/aromatic N) is 4. The third kappa shape index (κ3) is 6.60. The monoisotopic (exact) mass is 880 g/mol. The maximum Gasteiger partial charge on any atom is 0.159 e. The standard InChI is InChI=1S/C65H44N4/c1-6-19-45(20-7-1)49-33-37-57-59-42-50(46-21-8-2-9-22-46)41-58(47-23-10-3-11-24-47)63(59)69(62(57)43-49)68(53-34-31-48(32-35-53)64-66-39-18-40-67-64)54-36-38-56-55-29-16-17-30-60(55)65(61(56)44-54,51-25-12-4-13-26-51)52-27-14-5-15-28-52/h1-44H. The van der Waals surface area contributed by atoms with E-state index in [4.69, 9.17) is 0 Å². The molecule has 0 spiro atoms. The molecule has 1 aliphatic rings. The lowest BCUT2D eigenvalue weighted by Crippen LogP contribution is -2.29. The van der Waals surface area contributed by atoms with Crippen LogP contribution in [-0.4, -0.2) is 14.6 Å². The second-order valence-electron chi connectivity index (χ2n) is 17.8. The summed E-state index contributed by atoms with van der Waals surface area (Å²) < 4.78 is 2.48. The highest BCUT2D eigenvalue weighted by Crippen LogP contribution is 2.57. The van der Waals surface area contributed by atoms with Crippen molar-refractivity contribution in [2.75, 3.05) is 5.01 Å². The largest absolute Gasteiger partial charge is 0.249 e. The van der Waals surface area contributed by atoms with E-state index in [9.17, 15) is 0 Å². The molecule has 0 N–H and O–H groups in total. The molecule has 69 heavy (non-hydrogen) atoms. The average Bonchev–Trinajstić information content (AvgIpc) is 3.92. The van der Waals surface area contributed by atoms with Gasteiger partial charge in [-0.2, -0.15) is 0 Å². The SMILES string of the molecule is c1ccc(-c2cc(-c3ccccc3)c3c(c2)c2ccc(-c4ccccc4)cc2n3N(c2ccc(-c3ncccn3)cc2)c2ccc3c(c2)C(c2ccccc2)(c2ccccc2)c2ccccc2-3)cc1. The maximum absolute atomic E-state index is 4.63. The van der Waals surface area contributed by atoms with Crippen LogP contribution in [0.25, 0.3) is 77.7 Å². The van der Waals surface area contributed by atoms with Crippen LogP contribution in [0.3, 0.4) is 0 Å². The Hall–Kier alpha value is -9.12. The van der Waals surface area contributed by atoms with Crippen LogP contribution < -0.4 is 5.01 Å². The van der Waals surface area contributed by atoms with E-state index in [1.807, 2.05) is 6.07 Å². The smallest absolute Gasteiger partial charge is 0.159 e. The molecule has 0 amide bonds. The van der Waals surface area contributed by atoms with Crippen molar-refractivity contribution >= 4 is 33.2 Å². The van der Waals surface area contributed by atoms with Gasteiger partial charge in [0.1, 0.15) is 0 Å². The molecule has 4 nitrogen and oxygen atoms in total. The number of hydrogen-bond acceptors (Lipinski definition) is 3. The van der Waals surface area contributed by atoms with Crippen molar-refractivity contribution in [1.29, 1.82) is 0 Å². The number of hydrogen-bond donors (Lipinski definition) is 0. The fourth-order valence-electron chi connectivity index (χ4n) is 10.9. The number of aromatic nitrogens is 3. The Morgan fingerprint density at radius 1 is 0.333 bits per heavy atom. The van der Waals surface area contributed by atoms with Crippen molar-refractivity contribution in [2.45, 2.75) is 5.41 Å². The van der Waals surface area contributed by atoms with Gasteiger partial charge in [0.15, 0.2) is 5.82 Å². The van der Waals surface area contributed by atoms with Gasteiger partial charge in [-0.3, -0.25) is 0 Å². The first-order valence-electron chi connectivity index (χ1n) is 23.6. The third-order valence-electron chi connectivity index (χ3n) is 14.0. The molecule has 10 aromatic carbocycles. The van der Waals surface area contributed by atoms with Crippen molar-refractivity contribution in [3.05, 3.63) is 289 Å². The molecule has 0 fully saturated rings. The van der Waals surface area contributed by atoms with Crippen molar-refractivity contribution < 1.29 is 0 Å². The first kappa shape index (κ1) is 40.2. The van der Waals surface area contributed by atoms with E-state index in [0.29, 0.717) is 5.82 Å². The lowest BCUT2D eigenvalue weighted by Gasteiger charge is -2.35. The average molecular weight is 881 g/mol. The van der Waals surface area contributed by atoms with Crippen LogP contribution in [0, 0.1) is 0 Å². The predicted octanol–water partition coefficient (Wildman–Crippen LogP) is 16.2. The van der Waals surface area contributed by atoms with Gasteiger partial charge in [0.25, 0.3) is 0 Å². The topological polar surface area (TPSA) is 34.0 Å². The first-order chi connectivity index (χ1) is 34.2. The van der Waals surface area contributed by atoms with Gasteiger partial charge in [-0.15, -0.1) is 0 Å². The van der Waals surface area contributed by atoms with Gasteiger partial charge in [0.2, 0.25) is 0 Å². The second-order valence-corrected chi connectivity index (χ2v) is 17.8. The first-order valence-corrected chi connectivity index (χ1v) is 23.6. The van der Waals surface area contributed by atoms with E-state index in [2.05, 4.69) is 268 Å². The number of rotatable bonds is 9. The summed E-state index contributed by atoms with van der Waals surface area (Å²) in [5.74, 6) is 0.686. The zero-order valence-electron chi connectivity index (χ0n) is 37.7. The van der Waals surface area contributed by atoms with Gasteiger partial charge in [-0.1, -0.05) is 194 Å². The number of benzene rings is 10. The van der Waals surface area contributed by atoms with E-state index < -0.39 is 5.41 Å². The van der Waals surface area contributed by atoms with Crippen molar-refractivity contribution in [2.24, 2.45) is 0 Å². The van der Waals surface area contributed by atoms with Crippen LogP contribution in [0.1, 0.15) is 22.3 Å². The molecule has 0 bridgehead atoms. The molecule has 0 saturated carbocycles. The second kappa shape index (κ2) is 16.6. The Bertz CT molecular complexity index is 3760. The molecule has 4 heteroatoms. The Kier molecular flexibility index (Phi) is 9.69. The van der Waals surface area contributed by atoms with Gasteiger partial charge >= 0.3 is 0 Å². The summed E-state index contributed by atoms with van der Waals surface area (Å²) >= 11 is 0. The lowest BCUT2D eigenvalue weighted by molar-refractivity contribution is 0.766. The molecule has 13 rings (SSSR count). The molecule has 1 aliphatic carbocycles. The molecule has 12 aromatic rings. The molecule has 0 saturated heterocycles. The summed E-state index contributed by atoms with van der Waals surface area (Å²) in [7, 11) is 0. The van der Waals surface area contributed by atoms with E-state index in [1.165, 1.54) is 44.3 Å². The Labute approximate surface area is 401 Å². The predicted molar refractivity (Wildman–Crippen MR) is 285 cm³/mol. The molecular weight excluding hydrogens is 837 g/mol. The van der Waals surface area contributed by atoms with Gasteiger partial charge in [0.05, 0.1) is 27.8 Å².